The van der Waals surface area contributed by atoms with E-state index in [9.17, 15) is 22.8 Å². The molecule has 0 radical (unpaired) electrons. The number of benzene rings is 2. The lowest BCUT2D eigenvalue weighted by Crippen LogP contribution is -2.31. The zero-order chi connectivity index (χ0) is 22.7. The van der Waals surface area contributed by atoms with E-state index >= 15 is 0 Å². The average molecular weight is 458 g/mol. The number of alkyl halides is 3. The smallest absolute Gasteiger partial charge is 0.416 e. The lowest BCUT2D eigenvalue weighted by Gasteiger charge is -2.15. The van der Waals surface area contributed by atoms with E-state index in [-0.39, 0.29) is 28.6 Å². The number of anilines is 1. The van der Waals surface area contributed by atoms with Crippen LogP contribution < -0.4 is 5.32 Å². The number of carbonyl (C=O) groups excluding carboxylic acids is 2. The molecular formula is C23H17F3N2O3S. The summed E-state index contributed by atoms with van der Waals surface area (Å²) >= 11 is 1.09. The van der Waals surface area contributed by atoms with Crippen LogP contribution in [-0.2, 0) is 28.1 Å². The molecule has 0 aliphatic carbocycles. The van der Waals surface area contributed by atoms with Crippen LogP contribution in [0, 0.1) is 0 Å². The summed E-state index contributed by atoms with van der Waals surface area (Å²) in [6, 6.07) is 16.9. The van der Waals surface area contributed by atoms with Gasteiger partial charge in [0.25, 0.3) is 11.8 Å². The van der Waals surface area contributed by atoms with Crippen molar-refractivity contribution in [2.75, 3.05) is 5.32 Å². The second-order valence-corrected chi connectivity index (χ2v) is 7.94. The third kappa shape index (κ3) is 4.72. The maximum absolute atomic E-state index is 13.1. The molecule has 3 aromatic rings. The number of carbonyl (C=O) groups is 2. The summed E-state index contributed by atoms with van der Waals surface area (Å²) in [5, 5.41) is 2.75. The van der Waals surface area contributed by atoms with Gasteiger partial charge in [-0.25, -0.2) is 0 Å². The maximum Gasteiger partial charge on any atom is 0.416 e. The highest BCUT2D eigenvalue weighted by molar-refractivity contribution is 8.03. The number of imide groups is 1. The molecule has 2 heterocycles. The fourth-order valence-electron chi connectivity index (χ4n) is 3.16. The fraction of sp³-hybridized carbons (Fsp3) is 0.130. The normalized spacial score (nSPS) is 14.4. The first-order chi connectivity index (χ1) is 15.3. The second kappa shape index (κ2) is 8.96. The number of hydrogen-bond donors (Lipinski definition) is 1. The van der Waals surface area contributed by atoms with Crippen molar-refractivity contribution in [1.29, 1.82) is 0 Å². The molecule has 0 unspecified atom stereocenters. The van der Waals surface area contributed by atoms with Gasteiger partial charge in [-0.3, -0.25) is 14.5 Å². The van der Waals surface area contributed by atoms with E-state index in [1.165, 1.54) is 18.4 Å². The highest BCUT2D eigenvalue weighted by Crippen LogP contribution is 2.35. The van der Waals surface area contributed by atoms with Crippen LogP contribution in [0.5, 0.6) is 0 Å². The summed E-state index contributed by atoms with van der Waals surface area (Å²) in [5.41, 5.74) is -0.0915. The Morgan fingerprint density at radius 2 is 1.72 bits per heavy atom. The van der Waals surface area contributed by atoms with Gasteiger partial charge in [0.15, 0.2) is 0 Å². The summed E-state index contributed by atoms with van der Waals surface area (Å²) in [6.45, 7) is 0.0527. The van der Waals surface area contributed by atoms with Gasteiger partial charge in [0.05, 0.1) is 24.1 Å². The van der Waals surface area contributed by atoms with Gasteiger partial charge in [-0.1, -0.05) is 36.4 Å². The van der Waals surface area contributed by atoms with E-state index in [0.717, 1.165) is 34.4 Å². The van der Waals surface area contributed by atoms with Gasteiger partial charge in [0.1, 0.15) is 16.4 Å². The van der Waals surface area contributed by atoms with Crippen molar-refractivity contribution in [3.63, 3.8) is 0 Å². The zero-order valence-corrected chi connectivity index (χ0v) is 17.4. The van der Waals surface area contributed by atoms with Crippen LogP contribution in [0.2, 0.25) is 0 Å². The molecule has 32 heavy (non-hydrogen) atoms. The van der Waals surface area contributed by atoms with Gasteiger partial charge in [-0.15, -0.1) is 11.8 Å². The van der Waals surface area contributed by atoms with Crippen molar-refractivity contribution >= 4 is 29.3 Å². The first-order valence-corrected chi connectivity index (χ1v) is 10.6. The predicted molar refractivity (Wildman–Crippen MR) is 114 cm³/mol. The minimum absolute atomic E-state index is 0.0527. The highest BCUT2D eigenvalue weighted by atomic mass is 32.2. The summed E-state index contributed by atoms with van der Waals surface area (Å²) < 4.78 is 44.6. The van der Waals surface area contributed by atoms with Crippen LogP contribution in [-0.4, -0.2) is 16.7 Å². The van der Waals surface area contributed by atoms with Crippen molar-refractivity contribution in [2.45, 2.75) is 18.5 Å². The molecule has 2 amide bonds. The number of rotatable bonds is 7. The molecule has 0 bridgehead atoms. The molecule has 164 valence electrons. The first kappa shape index (κ1) is 21.8. The van der Waals surface area contributed by atoms with Crippen LogP contribution >= 0.6 is 11.8 Å². The Morgan fingerprint density at radius 1 is 0.938 bits per heavy atom. The predicted octanol–water partition coefficient (Wildman–Crippen LogP) is 5.42. The molecule has 0 saturated carbocycles. The molecule has 2 aromatic carbocycles. The largest absolute Gasteiger partial charge is 0.468 e. The number of thioether (sulfide) groups is 1. The first-order valence-electron chi connectivity index (χ1n) is 9.57. The van der Waals surface area contributed by atoms with E-state index in [4.69, 9.17) is 4.42 Å². The molecule has 9 heteroatoms. The molecule has 1 aliphatic rings. The lowest BCUT2D eigenvalue weighted by atomic mass is 10.2. The van der Waals surface area contributed by atoms with Crippen LogP contribution in [0.4, 0.5) is 18.9 Å². The van der Waals surface area contributed by atoms with E-state index in [2.05, 4.69) is 5.32 Å². The summed E-state index contributed by atoms with van der Waals surface area (Å²) in [6.07, 6.45) is -3.03. The number of halogens is 3. The van der Waals surface area contributed by atoms with Crippen molar-refractivity contribution in [3.05, 3.63) is 100 Å². The number of furan rings is 1. The van der Waals surface area contributed by atoms with E-state index in [1.807, 2.05) is 6.07 Å². The maximum atomic E-state index is 13.1. The monoisotopic (exact) mass is 458 g/mol. The van der Waals surface area contributed by atoms with Crippen molar-refractivity contribution in [3.8, 4) is 0 Å². The minimum Gasteiger partial charge on any atom is -0.468 e. The Bertz CT molecular complexity index is 1160. The van der Waals surface area contributed by atoms with Gasteiger partial charge in [0.2, 0.25) is 0 Å². The molecule has 1 aromatic heterocycles. The molecular weight excluding hydrogens is 441 g/mol. The molecule has 1 aliphatic heterocycles. The van der Waals surface area contributed by atoms with Crippen LogP contribution in [0.1, 0.15) is 16.9 Å². The number of hydrogen-bond acceptors (Lipinski definition) is 5. The van der Waals surface area contributed by atoms with E-state index in [0.29, 0.717) is 5.76 Å². The Labute approximate surface area is 185 Å². The Morgan fingerprint density at radius 3 is 2.41 bits per heavy atom. The molecule has 0 fully saturated rings. The van der Waals surface area contributed by atoms with Gasteiger partial charge in [0, 0.05) is 5.69 Å². The lowest BCUT2D eigenvalue weighted by molar-refractivity contribution is -0.138. The molecule has 4 rings (SSSR count). The number of nitrogens with zero attached hydrogens (tertiary/aromatic N) is 1. The Kier molecular flexibility index (Phi) is 6.09. The number of amides is 2. The minimum atomic E-state index is -4.53. The highest BCUT2D eigenvalue weighted by Gasteiger charge is 2.39. The SMILES string of the molecule is O=C1C(Nc2cccc(C(F)(F)F)c2)=C(SCc2ccco2)C(=O)N1Cc1ccccc1. The fourth-order valence-corrected chi connectivity index (χ4v) is 4.13. The second-order valence-electron chi connectivity index (χ2n) is 6.96. The van der Waals surface area contributed by atoms with Crippen LogP contribution in [0.25, 0.3) is 0 Å². The standard InChI is InChI=1S/C23H17F3N2O3S/c24-23(25,26)16-8-4-9-17(12-16)27-19-20(32-14-18-10-5-11-31-18)22(30)28(21(19)29)13-15-6-2-1-3-7-15/h1-12,27H,13-14H2. The molecule has 5 nitrogen and oxygen atoms in total. The van der Waals surface area contributed by atoms with E-state index in [1.54, 1.807) is 36.4 Å². The van der Waals surface area contributed by atoms with Crippen molar-refractivity contribution in [1.82, 2.24) is 4.90 Å². The third-order valence-electron chi connectivity index (χ3n) is 4.71. The zero-order valence-electron chi connectivity index (χ0n) is 16.6. The van der Waals surface area contributed by atoms with Crippen molar-refractivity contribution < 1.29 is 27.2 Å². The van der Waals surface area contributed by atoms with Gasteiger partial charge in [-0.05, 0) is 35.9 Å². The molecule has 0 saturated heterocycles. The Hall–Kier alpha value is -3.46. The van der Waals surface area contributed by atoms with Gasteiger partial charge >= 0.3 is 6.18 Å². The van der Waals surface area contributed by atoms with Gasteiger partial charge < -0.3 is 9.73 Å². The Balaban J connectivity index is 1.63. The average Bonchev–Trinajstić information content (AvgIpc) is 3.36. The molecule has 1 N–H and O–H groups in total. The third-order valence-corrected chi connectivity index (χ3v) is 5.80. The summed E-state index contributed by atoms with van der Waals surface area (Å²) in [7, 11) is 0. The topological polar surface area (TPSA) is 62.6 Å². The van der Waals surface area contributed by atoms with E-state index < -0.39 is 23.6 Å². The van der Waals surface area contributed by atoms with Crippen molar-refractivity contribution in [2.24, 2.45) is 0 Å². The quantitative estimate of drug-likeness (QED) is 0.479. The van der Waals surface area contributed by atoms with Crippen LogP contribution in [0.3, 0.4) is 0 Å². The van der Waals surface area contributed by atoms with Crippen LogP contribution in [0.15, 0.2) is 88.0 Å². The molecule has 0 spiro atoms. The summed E-state index contributed by atoms with van der Waals surface area (Å²) in [4.78, 5) is 27.4. The van der Waals surface area contributed by atoms with Gasteiger partial charge in [-0.2, -0.15) is 13.2 Å². The molecule has 0 atom stereocenters. The summed E-state index contributed by atoms with van der Waals surface area (Å²) in [5.74, 6) is -0.223. The number of nitrogens with one attached hydrogen (secondary N) is 1.